The van der Waals surface area contributed by atoms with Crippen molar-refractivity contribution in [2.45, 2.75) is 13.0 Å². The Morgan fingerprint density at radius 2 is 1.82 bits per heavy atom. The molecule has 1 atom stereocenters. The van der Waals surface area contributed by atoms with Gasteiger partial charge in [-0.15, -0.1) is 0 Å². The molecule has 0 bridgehead atoms. The normalized spacial score (nSPS) is 15.3. The summed E-state index contributed by atoms with van der Waals surface area (Å²) in [6, 6.07) is 23.9. The first-order chi connectivity index (χ1) is 19.0. The molecule has 39 heavy (non-hydrogen) atoms. The highest BCUT2D eigenvalue weighted by molar-refractivity contribution is 7.22. The summed E-state index contributed by atoms with van der Waals surface area (Å²) in [7, 11) is 0. The van der Waals surface area contributed by atoms with Gasteiger partial charge in [-0.25, -0.2) is 4.98 Å². The van der Waals surface area contributed by atoms with E-state index >= 15 is 0 Å². The zero-order valence-electron chi connectivity index (χ0n) is 20.7. The van der Waals surface area contributed by atoms with E-state index in [4.69, 9.17) is 13.9 Å². The monoisotopic (exact) mass is 538 g/mol. The predicted molar refractivity (Wildman–Crippen MR) is 147 cm³/mol. The second kappa shape index (κ2) is 10.1. The van der Waals surface area contributed by atoms with Gasteiger partial charge in [0.05, 0.1) is 34.7 Å². The highest BCUT2D eigenvalue weighted by Crippen LogP contribution is 2.45. The van der Waals surface area contributed by atoms with Gasteiger partial charge in [-0.1, -0.05) is 41.7 Å². The van der Waals surface area contributed by atoms with Crippen LogP contribution < -0.4 is 14.4 Å². The number of ketones is 1. The quantitative estimate of drug-likeness (QED) is 0.215. The van der Waals surface area contributed by atoms with E-state index in [0.29, 0.717) is 40.1 Å². The Labute approximate surface area is 227 Å². The molecule has 3 heterocycles. The minimum Gasteiger partial charge on any atom is -0.503 e. The number of nitrogens with zero attached hydrogens (tertiary/aromatic N) is 2. The van der Waals surface area contributed by atoms with Crippen molar-refractivity contribution in [1.29, 1.82) is 0 Å². The van der Waals surface area contributed by atoms with E-state index in [0.717, 1.165) is 4.70 Å². The number of carbonyl (C=O) groups excluding carboxylic acids is 2. The molecule has 6 rings (SSSR count). The average molecular weight is 539 g/mol. The highest BCUT2D eigenvalue weighted by atomic mass is 32.1. The number of ether oxygens (including phenoxy) is 2. The lowest BCUT2D eigenvalue weighted by Crippen LogP contribution is -2.31. The molecule has 194 valence electrons. The van der Waals surface area contributed by atoms with E-state index in [1.165, 1.54) is 28.6 Å². The summed E-state index contributed by atoms with van der Waals surface area (Å²) in [5.74, 6) is -0.127. The van der Waals surface area contributed by atoms with Gasteiger partial charge in [0, 0.05) is 0 Å². The SMILES string of the molecule is CCOc1ccc2nc(N3C(=O)C(O)=C(C(=O)c4ccco4)C3c3cccc(Oc4ccccc4)c3)sc2c1. The molecule has 0 saturated carbocycles. The second-order valence-electron chi connectivity index (χ2n) is 8.69. The number of benzene rings is 3. The Morgan fingerprint density at radius 1 is 1.00 bits per heavy atom. The van der Waals surface area contributed by atoms with E-state index in [1.807, 2.05) is 55.5 Å². The molecule has 0 radical (unpaired) electrons. The largest absolute Gasteiger partial charge is 0.503 e. The lowest BCUT2D eigenvalue weighted by atomic mass is 9.95. The first-order valence-electron chi connectivity index (χ1n) is 12.2. The third-order valence-electron chi connectivity index (χ3n) is 6.22. The number of furan rings is 1. The number of aromatic nitrogens is 1. The van der Waals surface area contributed by atoms with Crippen molar-refractivity contribution in [1.82, 2.24) is 4.98 Å². The summed E-state index contributed by atoms with van der Waals surface area (Å²) in [6.45, 7) is 2.42. The average Bonchev–Trinajstić information content (AvgIpc) is 3.68. The number of anilines is 1. The van der Waals surface area contributed by atoms with Crippen LogP contribution in [0.5, 0.6) is 17.2 Å². The van der Waals surface area contributed by atoms with Crippen LogP contribution in [0.15, 0.2) is 107 Å². The fraction of sp³-hybridized carbons (Fsp3) is 0.100. The van der Waals surface area contributed by atoms with Gasteiger partial charge < -0.3 is 19.0 Å². The van der Waals surface area contributed by atoms with Crippen molar-refractivity contribution in [3.05, 3.63) is 114 Å². The summed E-state index contributed by atoms with van der Waals surface area (Å²) in [6.07, 6.45) is 1.37. The summed E-state index contributed by atoms with van der Waals surface area (Å²) in [5.41, 5.74) is 1.13. The Bertz CT molecular complexity index is 1710. The number of hydrogen-bond donors (Lipinski definition) is 1. The molecular weight excluding hydrogens is 516 g/mol. The van der Waals surface area contributed by atoms with Crippen LogP contribution in [0.1, 0.15) is 29.1 Å². The maximum absolute atomic E-state index is 13.5. The number of amides is 1. The van der Waals surface area contributed by atoms with E-state index in [-0.39, 0.29) is 11.3 Å². The van der Waals surface area contributed by atoms with E-state index < -0.39 is 23.5 Å². The first-order valence-corrected chi connectivity index (χ1v) is 13.1. The van der Waals surface area contributed by atoms with Crippen molar-refractivity contribution in [2.75, 3.05) is 11.5 Å². The van der Waals surface area contributed by atoms with Gasteiger partial charge in [0.1, 0.15) is 17.2 Å². The van der Waals surface area contributed by atoms with Crippen LogP contribution in [-0.4, -0.2) is 28.4 Å². The topological polar surface area (TPSA) is 102 Å². The van der Waals surface area contributed by atoms with Crippen molar-refractivity contribution < 1.29 is 28.6 Å². The second-order valence-corrected chi connectivity index (χ2v) is 9.70. The van der Waals surface area contributed by atoms with Crippen LogP contribution in [-0.2, 0) is 4.79 Å². The van der Waals surface area contributed by atoms with Crippen molar-refractivity contribution in [3.8, 4) is 17.2 Å². The molecule has 1 unspecified atom stereocenters. The number of Topliss-reactive ketones (excluding diaryl/α,β-unsaturated/α-hetero) is 1. The first kappa shape index (κ1) is 24.4. The van der Waals surface area contributed by atoms with Gasteiger partial charge in [-0.3, -0.25) is 14.5 Å². The lowest BCUT2D eigenvalue weighted by Gasteiger charge is -2.24. The number of hydrogen-bond acceptors (Lipinski definition) is 8. The van der Waals surface area contributed by atoms with Crippen LogP contribution in [0, 0.1) is 0 Å². The number of rotatable bonds is 8. The molecule has 8 nitrogen and oxygen atoms in total. The van der Waals surface area contributed by atoms with E-state index in [9.17, 15) is 14.7 Å². The van der Waals surface area contributed by atoms with Gasteiger partial charge in [0.2, 0.25) is 5.78 Å². The van der Waals surface area contributed by atoms with Crippen molar-refractivity contribution in [2.24, 2.45) is 0 Å². The number of para-hydroxylation sites is 1. The fourth-order valence-corrected chi connectivity index (χ4v) is 5.54. The number of thiazole rings is 1. The summed E-state index contributed by atoms with van der Waals surface area (Å²) in [4.78, 5) is 33.1. The Morgan fingerprint density at radius 3 is 2.59 bits per heavy atom. The summed E-state index contributed by atoms with van der Waals surface area (Å²) < 4.78 is 17.8. The summed E-state index contributed by atoms with van der Waals surface area (Å²) in [5, 5.41) is 11.4. The molecule has 1 aliphatic heterocycles. The predicted octanol–water partition coefficient (Wildman–Crippen LogP) is 6.86. The zero-order valence-corrected chi connectivity index (χ0v) is 21.6. The summed E-state index contributed by atoms with van der Waals surface area (Å²) >= 11 is 1.27. The van der Waals surface area contributed by atoms with Crippen molar-refractivity contribution in [3.63, 3.8) is 0 Å². The van der Waals surface area contributed by atoms with Crippen LogP contribution in [0.3, 0.4) is 0 Å². The maximum Gasteiger partial charge on any atom is 0.296 e. The van der Waals surface area contributed by atoms with Gasteiger partial charge in [-0.05, 0) is 67.1 Å². The highest BCUT2D eigenvalue weighted by Gasteiger charge is 2.46. The molecule has 5 aromatic rings. The molecule has 0 fully saturated rings. The standard InChI is InChI=1S/C30H22N2O6S/c1-2-36-20-13-14-22-24(17-20)39-30(31-22)32-26(25(28(34)29(32)35)27(33)23-12-7-15-37-23)18-8-6-11-21(16-18)38-19-9-4-3-5-10-19/h3-17,26,34H,2H2,1H3. The van der Waals surface area contributed by atoms with Crippen LogP contribution in [0.25, 0.3) is 10.2 Å². The fourth-order valence-electron chi connectivity index (χ4n) is 4.52. The molecule has 9 heteroatoms. The number of aliphatic hydroxyl groups excluding tert-OH is 1. The van der Waals surface area contributed by atoms with Gasteiger partial charge in [0.25, 0.3) is 5.91 Å². The molecule has 1 aliphatic rings. The zero-order chi connectivity index (χ0) is 26.9. The van der Waals surface area contributed by atoms with Crippen molar-refractivity contribution >= 4 is 38.4 Å². The Kier molecular flexibility index (Phi) is 6.34. The van der Waals surface area contributed by atoms with Gasteiger partial charge in [-0.2, -0.15) is 0 Å². The molecule has 2 aromatic heterocycles. The lowest BCUT2D eigenvalue weighted by molar-refractivity contribution is -0.117. The molecule has 0 spiro atoms. The molecule has 0 saturated heterocycles. The molecule has 1 amide bonds. The van der Waals surface area contributed by atoms with Crippen LogP contribution in [0.4, 0.5) is 5.13 Å². The molecular formula is C30H22N2O6S. The Hall–Kier alpha value is -4.89. The van der Waals surface area contributed by atoms with Gasteiger partial charge in [0.15, 0.2) is 16.7 Å². The third kappa shape index (κ3) is 4.53. The van der Waals surface area contributed by atoms with Crippen LogP contribution in [0.2, 0.25) is 0 Å². The number of fused-ring (bicyclic) bond motifs is 1. The number of carbonyl (C=O) groups is 2. The van der Waals surface area contributed by atoms with Gasteiger partial charge >= 0.3 is 0 Å². The third-order valence-corrected chi connectivity index (χ3v) is 7.23. The van der Waals surface area contributed by atoms with E-state index in [1.54, 1.807) is 30.3 Å². The maximum atomic E-state index is 13.5. The van der Waals surface area contributed by atoms with Crippen LogP contribution >= 0.6 is 11.3 Å². The minimum absolute atomic E-state index is 0.0125. The van der Waals surface area contributed by atoms with E-state index in [2.05, 4.69) is 4.98 Å². The molecule has 1 N–H and O–H groups in total. The molecule has 0 aliphatic carbocycles. The molecule has 3 aromatic carbocycles. The minimum atomic E-state index is -0.971. The Balaban J connectivity index is 1.46. The number of aliphatic hydroxyl groups is 1. The smallest absolute Gasteiger partial charge is 0.296 e.